The lowest BCUT2D eigenvalue weighted by Crippen LogP contribution is -2.12. The summed E-state index contributed by atoms with van der Waals surface area (Å²) in [6.45, 7) is 0. The van der Waals surface area contributed by atoms with E-state index in [0.717, 1.165) is 12.1 Å². The first kappa shape index (κ1) is 15.5. The van der Waals surface area contributed by atoms with Gasteiger partial charge in [0.2, 0.25) is 5.91 Å². The molecule has 2 rings (SSSR count). The number of benzene rings is 1. The molecule has 0 aliphatic carbocycles. The lowest BCUT2D eigenvalue weighted by atomic mass is 10.1. The zero-order valence-electron chi connectivity index (χ0n) is 12.4. The highest BCUT2D eigenvalue weighted by molar-refractivity contribution is 5.92. The number of nitriles is 1. The number of aryl methyl sites for hydroxylation is 1. The SMILES string of the molecule is COc1ccc(C#N)c(NC(=O)CCCc2ccccn2)c1. The number of rotatable bonds is 6. The Morgan fingerprint density at radius 1 is 1.36 bits per heavy atom. The molecule has 1 N–H and O–H groups in total. The Labute approximate surface area is 129 Å². The maximum atomic E-state index is 12.0. The van der Waals surface area contributed by atoms with E-state index in [0.29, 0.717) is 29.8 Å². The number of carbonyl (C=O) groups excluding carboxylic acids is 1. The number of nitrogens with one attached hydrogen (secondary N) is 1. The van der Waals surface area contributed by atoms with Gasteiger partial charge in [-0.1, -0.05) is 6.07 Å². The summed E-state index contributed by atoms with van der Waals surface area (Å²) in [7, 11) is 1.54. The van der Waals surface area contributed by atoms with Gasteiger partial charge in [-0.15, -0.1) is 0 Å². The molecular formula is C17H17N3O2. The number of ether oxygens (including phenoxy) is 1. The Hall–Kier alpha value is -2.87. The molecule has 5 heteroatoms. The minimum atomic E-state index is -0.124. The fraction of sp³-hybridized carbons (Fsp3) is 0.235. The van der Waals surface area contributed by atoms with Gasteiger partial charge < -0.3 is 10.1 Å². The number of anilines is 1. The average molecular weight is 295 g/mol. The van der Waals surface area contributed by atoms with E-state index in [1.54, 1.807) is 31.5 Å². The molecule has 0 spiro atoms. The van der Waals surface area contributed by atoms with Gasteiger partial charge in [-0.25, -0.2) is 0 Å². The third-order valence-corrected chi connectivity index (χ3v) is 3.18. The van der Waals surface area contributed by atoms with Crippen molar-refractivity contribution < 1.29 is 9.53 Å². The molecule has 0 radical (unpaired) electrons. The highest BCUT2D eigenvalue weighted by Gasteiger charge is 2.08. The molecular weight excluding hydrogens is 278 g/mol. The fourth-order valence-electron chi connectivity index (χ4n) is 2.04. The number of aromatic nitrogens is 1. The van der Waals surface area contributed by atoms with E-state index in [4.69, 9.17) is 10.00 Å². The molecule has 2 aromatic rings. The van der Waals surface area contributed by atoms with Crippen LogP contribution in [0.25, 0.3) is 0 Å². The van der Waals surface area contributed by atoms with Crippen molar-refractivity contribution in [1.82, 2.24) is 4.98 Å². The van der Waals surface area contributed by atoms with Crippen LogP contribution in [0.5, 0.6) is 5.75 Å². The standard InChI is InChI=1S/C17H17N3O2/c1-22-15-9-8-13(12-18)16(11-15)20-17(21)7-4-6-14-5-2-3-10-19-14/h2-3,5,8-11H,4,6-7H2,1H3,(H,20,21). The summed E-state index contributed by atoms with van der Waals surface area (Å²) < 4.78 is 5.11. The van der Waals surface area contributed by atoms with E-state index in [-0.39, 0.29) is 5.91 Å². The van der Waals surface area contributed by atoms with Gasteiger partial charge in [-0.2, -0.15) is 5.26 Å². The summed E-state index contributed by atoms with van der Waals surface area (Å²) in [6, 6.07) is 12.7. The van der Waals surface area contributed by atoms with E-state index in [2.05, 4.69) is 16.4 Å². The number of nitrogens with zero attached hydrogens (tertiary/aromatic N) is 2. The summed E-state index contributed by atoms with van der Waals surface area (Å²) in [5, 5.41) is 11.8. The van der Waals surface area contributed by atoms with Gasteiger partial charge in [-0.05, 0) is 37.1 Å². The van der Waals surface area contributed by atoms with Gasteiger partial charge in [0.15, 0.2) is 0 Å². The molecule has 0 aliphatic heterocycles. The number of carbonyl (C=O) groups is 1. The summed E-state index contributed by atoms with van der Waals surface area (Å²) in [6.07, 6.45) is 3.57. The Morgan fingerprint density at radius 2 is 2.23 bits per heavy atom. The van der Waals surface area contributed by atoms with Crippen molar-refractivity contribution in [3.05, 3.63) is 53.9 Å². The van der Waals surface area contributed by atoms with Gasteiger partial charge in [0.25, 0.3) is 0 Å². The Balaban J connectivity index is 1.90. The Kier molecular flexibility index (Phi) is 5.50. The van der Waals surface area contributed by atoms with E-state index in [9.17, 15) is 4.79 Å². The monoisotopic (exact) mass is 295 g/mol. The van der Waals surface area contributed by atoms with E-state index >= 15 is 0 Å². The van der Waals surface area contributed by atoms with Crippen molar-refractivity contribution in [2.45, 2.75) is 19.3 Å². The zero-order chi connectivity index (χ0) is 15.8. The second-order valence-corrected chi connectivity index (χ2v) is 4.75. The molecule has 1 heterocycles. The Morgan fingerprint density at radius 3 is 2.91 bits per heavy atom. The second-order valence-electron chi connectivity index (χ2n) is 4.75. The zero-order valence-corrected chi connectivity index (χ0v) is 12.4. The van der Waals surface area contributed by atoms with Crippen LogP contribution in [0, 0.1) is 11.3 Å². The molecule has 0 atom stereocenters. The van der Waals surface area contributed by atoms with Gasteiger partial charge >= 0.3 is 0 Å². The lowest BCUT2D eigenvalue weighted by Gasteiger charge is -2.09. The molecule has 5 nitrogen and oxygen atoms in total. The predicted octanol–water partition coefficient (Wildman–Crippen LogP) is 2.92. The third-order valence-electron chi connectivity index (χ3n) is 3.18. The summed E-state index contributed by atoms with van der Waals surface area (Å²) >= 11 is 0. The van der Waals surface area contributed by atoms with Crippen LogP contribution in [0.15, 0.2) is 42.6 Å². The third kappa shape index (κ3) is 4.32. The minimum absolute atomic E-state index is 0.124. The normalized spacial score (nSPS) is 9.82. The molecule has 1 amide bonds. The molecule has 0 aliphatic rings. The maximum Gasteiger partial charge on any atom is 0.224 e. The first-order chi connectivity index (χ1) is 10.7. The van der Waals surface area contributed by atoms with Crippen LogP contribution in [0.3, 0.4) is 0 Å². The highest BCUT2D eigenvalue weighted by atomic mass is 16.5. The van der Waals surface area contributed by atoms with Gasteiger partial charge in [-0.3, -0.25) is 9.78 Å². The largest absolute Gasteiger partial charge is 0.497 e. The van der Waals surface area contributed by atoms with Crippen LogP contribution in [0.2, 0.25) is 0 Å². The molecule has 0 saturated carbocycles. The van der Waals surface area contributed by atoms with Crippen molar-refractivity contribution in [3.8, 4) is 11.8 Å². The van der Waals surface area contributed by atoms with Gasteiger partial charge in [0.1, 0.15) is 11.8 Å². The minimum Gasteiger partial charge on any atom is -0.497 e. The fourth-order valence-corrected chi connectivity index (χ4v) is 2.04. The molecule has 22 heavy (non-hydrogen) atoms. The summed E-state index contributed by atoms with van der Waals surface area (Å²) in [5.41, 5.74) is 1.86. The van der Waals surface area contributed by atoms with E-state index in [1.807, 2.05) is 18.2 Å². The van der Waals surface area contributed by atoms with Gasteiger partial charge in [0.05, 0.1) is 18.4 Å². The second kappa shape index (κ2) is 7.79. The average Bonchev–Trinajstić information content (AvgIpc) is 2.55. The van der Waals surface area contributed by atoms with Crippen molar-refractivity contribution in [1.29, 1.82) is 5.26 Å². The van der Waals surface area contributed by atoms with Crippen molar-refractivity contribution >= 4 is 11.6 Å². The molecule has 1 aromatic heterocycles. The molecule has 1 aromatic carbocycles. The lowest BCUT2D eigenvalue weighted by molar-refractivity contribution is -0.116. The van der Waals surface area contributed by atoms with Crippen LogP contribution in [0.4, 0.5) is 5.69 Å². The quantitative estimate of drug-likeness (QED) is 0.889. The van der Waals surface area contributed by atoms with Crippen LogP contribution >= 0.6 is 0 Å². The van der Waals surface area contributed by atoms with Crippen molar-refractivity contribution in [3.63, 3.8) is 0 Å². The smallest absolute Gasteiger partial charge is 0.224 e. The number of methoxy groups -OCH3 is 1. The first-order valence-electron chi connectivity index (χ1n) is 7.01. The van der Waals surface area contributed by atoms with Crippen LogP contribution in [0.1, 0.15) is 24.1 Å². The topological polar surface area (TPSA) is 75.0 Å². The summed E-state index contributed by atoms with van der Waals surface area (Å²) in [4.78, 5) is 16.2. The number of amides is 1. The number of hydrogen-bond acceptors (Lipinski definition) is 4. The van der Waals surface area contributed by atoms with Crippen LogP contribution < -0.4 is 10.1 Å². The molecule has 0 saturated heterocycles. The molecule has 112 valence electrons. The Bertz CT molecular complexity index is 678. The van der Waals surface area contributed by atoms with E-state index in [1.165, 1.54) is 0 Å². The van der Waals surface area contributed by atoms with E-state index < -0.39 is 0 Å². The number of pyridine rings is 1. The first-order valence-corrected chi connectivity index (χ1v) is 7.01. The molecule has 0 bridgehead atoms. The van der Waals surface area contributed by atoms with Gasteiger partial charge in [0, 0.05) is 24.4 Å². The summed E-state index contributed by atoms with van der Waals surface area (Å²) in [5.74, 6) is 0.475. The predicted molar refractivity (Wildman–Crippen MR) is 83.5 cm³/mol. The highest BCUT2D eigenvalue weighted by Crippen LogP contribution is 2.22. The van der Waals surface area contributed by atoms with Crippen molar-refractivity contribution in [2.24, 2.45) is 0 Å². The van der Waals surface area contributed by atoms with Crippen LogP contribution in [-0.4, -0.2) is 18.0 Å². The number of hydrogen-bond donors (Lipinski definition) is 1. The van der Waals surface area contributed by atoms with Crippen LogP contribution in [-0.2, 0) is 11.2 Å². The van der Waals surface area contributed by atoms with Crippen molar-refractivity contribution in [2.75, 3.05) is 12.4 Å². The maximum absolute atomic E-state index is 12.0. The molecule has 0 unspecified atom stereocenters. The molecule has 0 fully saturated rings.